The van der Waals surface area contributed by atoms with Gasteiger partial charge in [0.05, 0.1) is 6.61 Å². The highest BCUT2D eigenvalue weighted by Gasteiger charge is 2.65. The Morgan fingerprint density at radius 3 is 2.54 bits per heavy atom. The molecule has 3 saturated carbocycles. The van der Waals surface area contributed by atoms with Crippen molar-refractivity contribution < 1.29 is 14.6 Å². The van der Waals surface area contributed by atoms with Crippen LogP contribution in [0.5, 0.6) is 0 Å². The van der Waals surface area contributed by atoms with Crippen LogP contribution >= 0.6 is 11.6 Å². The zero-order valence-corrected chi connectivity index (χ0v) is 22.4. The van der Waals surface area contributed by atoms with Gasteiger partial charge in [0.15, 0.2) is 5.79 Å². The van der Waals surface area contributed by atoms with E-state index in [0.29, 0.717) is 48.0 Å². The first-order valence-corrected chi connectivity index (χ1v) is 13.9. The molecule has 0 saturated heterocycles. The third-order valence-electron chi connectivity index (χ3n) is 11.1. The number of allylic oxidation sites excluding steroid dienone is 2. The van der Waals surface area contributed by atoms with E-state index in [1.165, 1.54) is 12.0 Å². The van der Waals surface area contributed by atoms with Gasteiger partial charge in [-0.1, -0.05) is 55.3 Å². The van der Waals surface area contributed by atoms with Crippen molar-refractivity contribution in [2.24, 2.45) is 34.0 Å². The van der Waals surface area contributed by atoms with Crippen LogP contribution in [0.15, 0.2) is 48.6 Å². The van der Waals surface area contributed by atoms with Crippen molar-refractivity contribution in [2.45, 2.75) is 91.0 Å². The van der Waals surface area contributed by atoms with Crippen molar-refractivity contribution in [1.29, 1.82) is 0 Å². The van der Waals surface area contributed by atoms with E-state index in [1.54, 1.807) is 0 Å². The maximum atomic E-state index is 13.0. The summed E-state index contributed by atoms with van der Waals surface area (Å²) in [6.07, 6.45) is 12.9. The van der Waals surface area contributed by atoms with Crippen molar-refractivity contribution in [3.8, 4) is 0 Å². The maximum absolute atomic E-state index is 13.0. The Balaban J connectivity index is 1.35. The van der Waals surface area contributed by atoms with Crippen LogP contribution < -0.4 is 0 Å². The number of fused-ring (bicyclic) bond motifs is 5. The average molecular weight is 497 g/mol. The minimum absolute atomic E-state index is 0.0625. The first kappa shape index (κ1) is 25.2. The Bertz CT molecular complexity index is 1030. The Hall–Kier alpha value is -1.42. The summed E-state index contributed by atoms with van der Waals surface area (Å²) in [7, 11) is 0. The molecule has 1 aromatic rings. The standard InChI is InChI=1S/C31H41ClO3/c1-5-14-30(21(2)33)16-13-27-25-11-8-23-19-31(34,35-20-22-6-9-24(32)10-7-22)18-17-28(23,3)26(25)12-15-29(27,30)4/h5-10,25-27,34H,1,11-20H2,2-4H3. The van der Waals surface area contributed by atoms with E-state index in [-0.39, 0.29) is 16.2 Å². The molecule has 1 aromatic carbocycles. The summed E-state index contributed by atoms with van der Waals surface area (Å²) < 4.78 is 6.12. The lowest BCUT2D eigenvalue weighted by Crippen LogP contribution is -2.55. The molecule has 190 valence electrons. The van der Waals surface area contributed by atoms with Gasteiger partial charge >= 0.3 is 0 Å². The van der Waals surface area contributed by atoms with Crippen molar-refractivity contribution in [1.82, 2.24) is 0 Å². The van der Waals surface area contributed by atoms with Gasteiger partial charge in [-0.15, -0.1) is 6.58 Å². The van der Waals surface area contributed by atoms with Crippen molar-refractivity contribution in [3.05, 3.63) is 59.2 Å². The van der Waals surface area contributed by atoms with E-state index < -0.39 is 5.79 Å². The molecule has 1 N–H and O–H groups in total. The fourth-order valence-corrected chi connectivity index (χ4v) is 9.10. The van der Waals surface area contributed by atoms with Crippen LogP contribution in [0.4, 0.5) is 0 Å². The smallest absolute Gasteiger partial charge is 0.169 e. The molecule has 0 aliphatic heterocycles. The van der Waals surface area contributed by atoms with Gasteiger partial charge in [0.1, 0.15) is 5.78 Å². The van der Waals surface area contributed by atoms with E-state index in [4.69, 9.17) is 16.3 Å². The highest BCUT2D eigenvalue weighted by molar-refractivity contribution is 6.30. The normalized spacial score (nSPS) is 42.4. The number of rotatable bonds is 6. The molecule has 0 amide bonds. The number of ether oxygens (including phenoxy) is 1. The summed E-state index contributed by atoms with van der Waals surface area (Å²) in [5, 5.41) is 12.1. The number of Topliss-reactive ketones (excluding diaryl/α,β-unsaturated/α-hetero) is 1. The van der Waals surface area contributed by atoms with Gasteiger partial charge in [-0.25, -0.2) is 0 Å². The Kier molecular flexibility index (Phi) is 6.38. The molecule has 0 heterocycles. The second-order valence-corrected chi connectivity index (χ2v) is 12.9. The van der Waals surface area contributed by atoms with Crippen LogP contribution in [0.2, 0.25) is 5.02 Å². The second kappa shape index (κ2) is 8.85. The molecule has 5 rings (SSSR count). The summed E-state index contributed by atoms with van der Waals surface area (Å²) in [6, 6.07) is 7.64. The van der Waals surface area contributed by atoms with Gasteiger partial charge in [0.25, 0.3) is 0 Å². The third kappa shape index (κ3) is 3.88. The lowest BCUT2D eigenvalue weighted by Gasteiger charge is -2.60. The Labute approximate surface area is 216 Å². The third-order valence-corrected chi connectivity index (χ3v) is 11.3. The average Bonchev–Trinajstić information content (AvgIpc) is 3.13. The van der Waals surface area contributed by atoms with Gasteiger partial charge in [-0.2, -0.15) is 0 Å². The zero-order valence-electron chi connectivity index (χ0n) is 21.6. The minimum Gasteiger partial charge on any atom is -0.365 e. The molecule has 0 bridgehead atoms. The molecule has 3 fully saturated rings. The summed E-state index contributed by atoms with van der Waals surface area (Å²) in [4.78, 5) is 13.0. The fourth-order valence-electron chi connectivity index (χ4n) is 8.98. The molecule has 3 nitrogen and oxygen atoms in total. The summed E-state index contributed by atoms with van der Waals surface area (Å²) in [6.45, 7) is 11.1. The number of hydrogen-bond acceptors (Lipinski definition) is 3. The van der Waals surface area contributed by atoms with Gasteiger partial charge in [-0.05, 0) is 98.1 Å². The van der Waals surface area contributed by atoms with Crippen LogP contribution in [0.25, 0.3) is 0 Å². The molecule has 0 aromatic heterocycles. The molecular weight excluding hydrogens is 456 g/mol. The predicted molar refractivity (Wildman–Crippen MR) is 141 cm³/mol. The number of carbonyl (C=O) groups excluding carboxylic acids is 1. The van der Waals surface area contributed by atoms with E-state index in [9.17, 15) is 9.90 Å². The molecular formula is C31H41ClO3. The number of aliphatic hydroxyl groups is 1. The fraction of sp³-hybridized carbons (Fsp3) is 0.645. The first-order valence-electron chi connectivity index (χ1n) is 13.5. The summed E-state index contributed by atoms with van der Waals surface area (Å²) in [5.41, 5.74) is 2.34. The van der Waals surface area contributed by atoms with E-state index in [1.807, 2.05) is 37.3 Å². The maximum Gasteiger partial charge on any atom is 0.169 e. The van der Waals surface area contributed by atoms with Gasteiger partial charge in [0.2, 0.25) is 0 Å². The van der Waals surface area contributed by atoms with E-state index in [0.717, 1.165) is 44.1 Å². The lowest BCUT2D eigenvalue weighted by molar-refractivity contribution is -0.231. The highest BCUT2D eigenvalue weighted by atomic mass is 35.5. The Morgan fingerprint density at radius 1 is 1.14 bits per heavy atom. The largest absolute Gasteiger partial charge is 0.365 e. The van der Waals surface area contributed by atoms with Gasteiger partial charge in [0, 0.05) is 23.3 Å². The second-order valence-electron chi connectivity index (χ2n) is 12.4. The molecule has 7 unspecified atom stereocenters. The van der Waals surface area contributed by atoms with Crippen molar-refractivity contribution in [3.63, 3.8) is 0 Å². The predicted octanol–water partition coefficient (Wildman–Crippen LogP) is 7.66. The van der Waals surface area contributed by atoms with Gasteiger partial charge < -0.3 is 9.84 Å². The minimum atomic E-state index is -1.11. The topological polar surface area (TPSA) is 46.5 Å². The number of ketones is 1. The molecule has 0 spiro atoms. The number of carbonyl (C=O) groups is 1. The highest BCUT2D eigenvalue weighted by Crippen LogP contribution is 2.70. The van der Waals surface area contributed by atoms with Crippen LogP contribution in [0, 0.1) is 34.0 Å². The zero-order chi connectivity index (χ0) is 25.1. The molecule has 4 aliphatic carbocycles. The lowest BCUT2D eigenvalue weighted by atomic mass is 9.45. The van der Waals surface area contributed by atoms with E-state index in [2.05, 4.69) is 26.5 Å². The van der Waals surface area contributed by atoms with Crippen molar-refractivity contribution in [2.75, 3.05) is 0 Å². The molecule has 4 heteroatoms. The molecule has 0 radical (unpaired) electrons. The van der Waals surface area contributed by atoms with E-state index >= 15 is 0 Å². The summed E-state index contributed by atoms with van der Waals surface area (Å²) in [5.74, 6) is 1.08. The van der Waals surface area contributed by atoms with Crippen LogP contribution in [0.3, 0.4) is 0 Å². The first-order chi connectivity index (χ1) is 16.6. The molecule has 4 aliphatic rings. The van der Waals surface area contributed by atoms with Crippen molar-refractivity contribution >= 4 is 17.4 Å². The van der Waals surface area contributed by atoms with Crippen LogP contribution in [-0.4, -0.2) is 16.7 Å². The SMILES string of the molecule is C=CCC1(C(C)=O)CCC2C3CC=C4CC(O)(OCc5ccc(Cl)cc5)CCC4(C)C3CCC21C. The summed E-state index contributed by atoms with van der Waals surface area (Å²) >= 11 is 6.01. The quantitative estimate of drug-likeness (QED) is 0.324. The number of hydrogen-bond donors (Lipinski definition) is 1. The molecule has 7 atom stereocenters. The van der Waals surface area contributed by atoms with Crippen LogP contribution in [-0.2, 0) is 16.1 Å². The number of halogens is 1. The monoisotopic (exact) mass is 496 g/mol. The number of benzene rings is 1. The molecule has 35 heavy (non-hydrogen) atoms. The van der Waals surface area contributed by atoms with Crippen LogP contribution in [0.1, 0.15) is 84.1 Å². The Morgan fingerprint density at radius 2 is 1.86 bits per heavy atom. The van der Waals surface area contributed by atoms with Gasteiger partial charge in [-0.3, -0.25) is 4.79 Å².